The highest BCUT2D eigenvalue weighted by Gasteiger charge is 2.40. The van der Waals surface area contributed by atoms with Crippen molar-refractivity contribution < 1.29 is 32.7 Å². The summed E-state index contributed by atoms with van der Waals surface area (Å²) in [7, 11) is 0. The standard InChI is InChI=1S/C40H38F2N2O5/c1-39(2,3)48-38(46)43-36(25-28-19-23-34(24-20-28)47-27-29-21-22-33(41)26-35(29)42)37(45)44-49-40(30-13-7-4-8-14-30,31-15-9-5-10-16-31)32-17-11-6-12-18-32/h4-24,26,36H,25,27H2,1-3H3,(H,43,46)(H,44,45). The summed E-state index contributed by atoms with van der Waals surface area (Å²) < 4.78 is 38.5. The molecule has 0 bridgehead atoms. The number of halogens is 2. The molecule has 0 heterocycles. The largest absolute Gasteiger partial charge is 0.489 e. The second-order valence-corrected chi connectivity index (χ2v) is 12.4. The van der Waals surface area contributed by atoms with Crippen molar-refractivity contribution in [3.8, 4) is 5.75 Å². The summed E-state index contributed by atoms with van der Waals surface area (Å²) in [5.41, 5.74) is 3.87. The van der Waals surface area contributed by atoms with Crippen LogP contribution in [0.3, 0.4) is 0 Å². The molecule has 9 heteroatoms. The van der Waals surface area contributed by atoms with Crippen molar-refractivity contribution in [1.82, 2.24) is 10.8 Å². The number of hydroxylamine groups is 1. The highest BCUT2D eigenvalue weighted by molar-refractivity contribution is 5.85. The zero-order valence-electron chi connectivity index (χ0n) is 27.5. The predicted octanol–water partition coefficient (Wildman–Crippen LogP) is 8.02. The monoisotopic (exact) mass is 664 g/mol. The minimum absolute atomic E-state index is 0.0797. The molecule has 0 saturated carbocycles. The molecule has 0 saturated heterocycles. The van der Waals surface area contributed by atoms with Gasteiger partial charge >= 0.3 is 6.09 Å². The minimum Gasteiger partial charge on any atom is -0.489 e. The number of carbonyl (C=O) groups excluding carboxylic acids is 2. The highest BCUT2D eigenvalue weighted by Crippen LogP contribution is 2.39. The second-order valence-electron chi connectivity index (χ2n) is 12.4. The van der Waals surface area contributed by atoms with Crippen LogP contribution in [0.5, 0.6) is 5.75 Å². The van der Waals surface area contributed by atoms with Gasteiger partial charge in [0, 0.05) is 18.1 Å². The summed E-state index contributed by atoms with van der Waals surface area (Å²) in [6.07, 6.45) is -0.689. The Bertz CT molecular complexity index is 1730. The summed E-state index contributed by atoms with van der Waals surface area (Å²) >= 11 is 0. The molecule has 1 unspecified atom stereocenters. The first kappa shape index (κ1) is 34.8. The average Bonchev–Trinajstić information content (AvgIpc) is 3.09. The first-order valence-corrected chi connectivity index (χ1v) is 15.8. The molecule has 0 aliphatic heterocycles. The topological polar surface area (TPSA) is 85.9 Å². The maximum atomic E-state index is 14.1. The number of rotatable bonds is 12. The van der Waals surface area contributed by atoms with E-state index in [0.717, 1.165) is 22.8 Å². The summed E-state index contributed by atoms with van der Waals surface area (Å²) in [4.78, 5) is 33.4. The van der Waals surface area contributed by atoms with Crippen molar-refractivity contribution in [2.75, 3.05) is 0 Å². The van der Waals surface area contributed by atoms with Gasteiger partial charge in [0.1, 0.15) is 35.6 Å². The molecule has 7 nitrogen and oxygen atoms in total. The number of hydrogen-bond acceptors (Lipinski definition) is 5. The molecule has 5 aromatic carbocycles. The van der Waals surface area contributed by atoms with E-state index < -0.39 is 40.9 Å². The molecular formula is C40H38F2N2O5. The Hall–Kier alpha value is -5.54. The summed E-state index contributed by atoms with van der Waals surface area (Å²) in [5, 5.41) is 2.69. The molecule has 0 aliphatic rings. The van der Waals surface area contributed by atoms with Gasteiger partial charge in [0.05, 0.1) is 0 Å². The molecule has 0 radical (unpaired) electrons. The third-order valence-electron chi connectivity index (χ3n) is 7.63. The number of ether oxygens (including phenoxy) is 2. The average molecular weight is 665 g/mol. The van der Waals surface area contributed by atoms with E-state index in [4.69, 9.17) is 14.3 Å². The first-order chi connectivity index (χ1) is 23.5. The smallest absolute Gasteiger partial charge is 0.408 e. The van der Waals surface area contributed by atoms with Crippen molar-refractivity contribution in [3.63, 3.8) is 0 Å². The van der Waals surface area contributed by atoms with E-state index in [2.05, 4.69) is 10.8 Å². The van der Waals surface area contributed by atoms with Crippen LogP contribution in [0.1, 0.15) is 48.6 Å². The van der Waals surface area contributed by atoms with Crippen LogP contribution in [-0.4, -0.2) is 23.6 Å². The van der Waals surface area contributed by atoms with E-state index in [1.54, 1.807) is 45.0 Å². The van der Waals surface area contributed by atoms with Crippen LogP contribution in [0.15, 0.2) is 133 Å². The Morgan fingerprint density at radius 1 is 0.714 bits per heavy atom. The third-order valence-corrected chi connectivity index (χ3v) is 7.63. The predicted molar refractivity (Wildman–Crippen MR) is 182 cm³/mol. The number of nitrogens with one attached hydrogen (secondary N) is 2. The Balaban J connectivity index is 1.39. The maximum absolute atomic E-state index is 14.1. The Morgan fingerprint density at radius 2 is 1.24 bits per heavy atom. The van der Waals surface area contributed by atoms with Gasteiger partial charge in [0.2, 0.25) is 0 Å². The van der Waals surface area contributed by atoms with E-state index in [1.165, 1.54) is 12.1 Å². The van der Waals surface area contributed by atoms with Crippen molar-refractivity contribution in [2.45, 2.75) is 51.0 Å². The SMILES string of the molecule is CC(C)(C)OC(=O)NC(Cc1ccc(OCc2ccc(F)cc2F)cc1)C(=O)NOC(c1ccccc1)(c1ccccc1)c1ccccc1. The number of alkyl carbamates (subject to hydrolysis) is 1. The van der Waals surface area contributed by atoms with E-state index in [9.17, 15) is 18.4 Å². The fraction of sp³-hybridized carbons (Fsp3) is 0.200. The van der Waals surface area contributed by atoms with Crippen LogP contribution < -0.4 is 15.5 Å². The molecule has 0 aliphatic carbocycles. The van der Waals surface area contributed by atoms with Gasteiger partial charge in [0.15, 0.2) is 5.60 Å². The summed E-state index contributed by atoms with van der Waals surface area (Å²) in [5.74, 6) is -1.53. The highest BCUT2D eigenvalue weighted by atomic mass is 19.1. The normalized spacial score (nSPS) is 12.1. The van der Waals surface area contributed by atoms with Crippen molar-refractivity contribution in [1.29, 1.82) is 0 Å². The van der Waals surface area contributed by atoms with Crippen molar-refractivity contribution in [3.05, 3.63) is 173 Å². The van der Waals surface area contributed by atoms with Gasteiger partial charge in [-0.3, -0.25) is 9.63 Å². The summed E-state index contributed by atoms with van der Waals surface area (Å²) in [6.45, 7) is 5.10. The zero-order valence-corrected chi connectivity index (χ0v) is 27.5. The quantitative estimate of drug-likeness (QED) is 0.104. The zero-order chi connectivity index (χ0) is 34.9. The fourth-order valence-electron chi connectivity index (χ4n) is 5.31. The van der Waals surface area contributed by atoms with Crippen LogP contribution in [0.4, 0.5) is 13.6 Å². The van der Waals surface area contributed by atoms with Crippen molar-refractivity contribution in [2.24, 2.45) is 0 Å². The number of amides is 2. The van der Waals surface area contributed by atoms with Gasteiger partial charge in [-0.15, -0.1) is 0 Å². The maximum Gasteiger partial charge on any atom is 0.408 e. The van der Waals surface area contributed by atoms with E-state index in [-0.39, 0.29) is 18.6 Å². The van der Waals surface area contributed by atoms with Gasteiger partial charge in [0.25, 0.3) is 5.91 Å². The second kappa shape index (κ2) is 15.6. The van der Waals surface area contributed by atoms with Crippen LogP contribution in [0.2, 0.25) is 0 Å². The molecule has 0 aromatic heterocycles. The van der Waals surface area contributed by atoms with Crippen LogP contribution in [0.25, 0.3) is 0 Å². The Morgan fingerprint density at radius 3 is 1.73 bits per heavy atom. The molecule has 2 amide bonds. The molecule has 252 valence electrons. The van der Waals surface area contributed by atoms with E-state index in [0.29, 0.717) is 11.3 Å². The Labute approximate surface area is 284 Å². The lowest BCUT2D eigenvalue weighted by molar-refractivity contribution is -0.145. The lowest BCUT2D eigenvalue weighted by Gasteiger charge is -2.35. The third kappa shape index (κ3) is 9.09. The van der Waals surface area contributed by atoms with Gasteiger partial charge < -0.3 is 14.8 Å². The lowest BCUT2D eigenvalue weighted by atomic mass is 9.80. The van der Waals surface area contributed by atoms with Crippen LogP contribution in [-0.2, 0) is 33.0 Å². The molecular weight excluding hydrogens is 626 g/mol. The van der Waals surface area contributed by atoms with Gasteiger partial charge in [-0.05, 0) is 67.3 Å². The van der Waals surface area contributed by atoms with Gasteiger partial charge in [-0.2, -0.15) is 0 Å². The number of benzene rings is 5. The molecule has 0 fully saturated rings. The van der Waals surface area contributed by atoms with Crippen molar-refractivity contribution >= 4 is 12.0 Å². The van der Waals surface area contributed by atoms with Gasteiger partial charge in [-0.1, -0.05) is 103 Å². The number of carbonyl (C=O) groups is 2. The molecule has 5 rings (SSSR count). The van der Waals surface area contributed by atoms with Gasteiger partial charge in [-0.25, -0.2) is 19.1 Å². The Kier molecular flexibility index (Phi) is 11.1. The molecule has 5 aromatic rings. The van der Waals surface area contributed by atoms with Crippen LogP contribution >= 0.6 is 0 Å². The molecule has 0 spiro atoms. The fourth-order valence-corrected chi connectivity index (χ4v) is 5.31. The lowest BCUT2D eigenvalue weighted by Crippen LogP contribution is -2.51. The minimum atomic E-state index is -1.24. The number of hydrogen-bond donors (Lipinski definition) is 2. The first-order valence-electron chi connectivity index (χ1n) is 15.8. The molecule has 2 N–H and O–H groups in total. The van der Waals surface area contributed by atoms with E-state index >= 15 is 0 Å². The van der Waals surface area contributed by atoms with Crippen LogP contribution in [0, 0.1) is 11.6 Å². The van der Waals surface area contributed by atoms with E-state index in [1.807, 2.05) is 91.0 Å². The molecule has 1 atom stereocenters. The summed E-state index contributed by atoms with van der Waals surface area (Å²) in [6, 6.07) is 37.7. The molecule has 49 heavy (non-hydrogen) atoms.